The fraction of sp³-hybridized carbons (Fsp3) is 0.190. The standard InChI is InChI=1S/C21H19N5O3S/c1-3-17(19(27)26-21-23-12(2)11-30-21)29-20(28)13-6-7-15-16(9-13)25-18(24-15)14-5-4-8-22-10-14/h4-11,17H,3H2,1-2H3,(H,24,25)(H,23,26,27). The number of pyridine rings is 1. The monoisotopic (exact) mass is 421 g/mol. The van der Waals surface area contributed by atoms with Gasteiger partial charge in [0, 0.05) is 23.3 Å². The zero-order valence-electron chi connectivity index (χ0n) is 16.4. The first-order chi connectivity index (χ1) is 14.5. The molecule has 0 fully saturated rings. The second-order valence-electron chi connectivity index (χ2n) is 6.64. The number of amides is 1. The number of nitrogens with one attached hydrogen (secondary N) is 2. The molecule has 3 heterocycles. The highest BCUT2D eigenvalue weighted by Gasteiger charge is 2.23. The van der Waals surface area contributed by atoms with E-state index in [1.165, 1.54) is 11.3 Å². The number of carbonyl (C=O) groups is 2. The molecule has 3 aromatic heterocycles. The molecule has 1 aromatic carbocycles. The third kappa shape index (κ3) is 4.20. The summed E-state index contributed by atoms with van der Waals surface area (Å²) >= 11 is 1.32. The molecule has 9 heteroatoms. The number of anilines is 1. The van der Waals surface area contributed by atoms with Crippen molar-refractivity contribution in [3.05, 3.63) is 59.4 Å². The van der Waals surface area contributed by atoms with Crippen LogP contribution in [0.25, 0.3) is 22.4 Å². The number of aromatic amines is 1. The second kappa shape index (κ2) is 8.42. The van der Waals surface area contributed by atoms with Crippen molar-refractivity contribution in [1.82, 2.24) is 19.9 Å². The molecule has 4 aromatic rings. The molecule has 4 rings (SSSR count). The lowest BCUT2D eigenvalue weighted by atomic mass is 10.2. The number of fused-ring (bicyclic) bond motifs is 1. The normalized spacial score (nSPS) is 11.9. The number of benzene rings is 1. The Hall–Kier alpha value is -3.59. The molecule has 1 amide bonds. The van der Waals surface area contributed by atoms with Gasteiger partial charge in [-0.1, -0.05) is 6.92 Å². The van der Waals surface area contributed by atoms with Gasteiger partial charge in [0.15, 0.2) is 11.2 Å². The SMILES string of the molecule is CCC(OC(=O)c1ccc2nc(-c3cccnc3)[nH]c2c1)C(=O)Nc1nc(C)cs1. The number of H-pyrrole nitrogens is 1. The molecule has 0 saturated heterocycles. The van der Waals surface area contributed by atoms with Gasteiger partial charge in [0.25, 0.3) is 5.91 Å². The minimum Gasteiger partial charge on any atom is -0.449 e. The quantitative estimate of drug-likeness (QED) is 0.456. The van der Waals surface area contributed by atoms with Crippen molar-refractivity contribution in [2.24, 2.45) is 0 Å². The highest BCUT2D eigenvalue weighted by atomic mass is 32.1. The van der Waals surface area contributed by atoms with Gasteiger partial charge < -0.3 is 9.72 Å². The van der Waals surface area contributed by atoms with E-state index in [9.17, 15) is 9.59 Å². The first kappa shape index (κ1) is 19.7. The third-order valence-electron chi connectivity index (χ3n) is 4.41. The third-order valence-corrected chi connectivity index (χ3v) is 5.29. The van der Waals surface area contributed by atoms with E-state index in [4.69, 9.17) is 4.74 Å². The fourth-order valence-corrected chi connectivity index (χ4v) is 3.58. The van der Waals surface area contributed by atoms with E-state index in [2.05, 4.69) is 25.3 Å². The molecule has 1 atom stereocenters. The van der Waals surface area contributed by atoms with Crippen molar-refractivity contribution >= 4 is 39.4 Å². The van der Waals surface area contributed by atoms with Crippen LogP contribution in [0.15, 0.2) is 48.1 Å². The van der Waals surface area contributed by atoms with Gasteiger partial charge in [-0.2, -0.15) is 0 Å². The number of ether oxygens (including phenoxy) is 1. The second-order valence-corrected chi connectivity index (χ2v) is 7.50. The van der Waals surface area contributed by atoms with E-state index < -0.39 is 18.0 Å². The maximum absolute atomic E-state index is 12.6. The number of aryl methyl sites for hydroxylation is 1. The summed E-state index contributed by atoms with van der Waals surface area (Å²) in [5, 5.41) is 5.01. The van der Waals surface area contributed by atoms with E-state index in [1.807, 2.05) is 24.4 Å². The number of esters is 1. The summed E-state index contributed by atoms with van der Waals surface area (Å²) < 4.78 is 5.45. The van der Waals surface area contributed by atoms with Crippen molar-refractivity contribution in [1.29, 1.82) is 0 Å². The first-order valence-corrected chi connectivity index (χ1v) is 10.3. The molecule has 8 nitrogen and oxygen atoms in total. The number of imidazole rings is 1. The molecule has 0 radical (unpaired) electrons. The molecule has 1 unspecified atom stereocenters. The Labute approximate surface area is 176 Å². The predicted octanol–water partition coefficient (Wildman–Crippen LogP) is 3.96. The number of nitrogens with zero attached hydrogens (tertiary/aromatic N) is 3. The lowest BCUT2D eigenvalue weighted by molar-refractivity contribution is -0.124. The largest absolute Gasteiger partial charge is 0.449 e. The molecule has 30 heavy (non-hydrogen) atoms. The van der Waals surface area contributed by atoms with Crippen LogP contribution in [0.1, 0.15) is 29.4 Å². The minimum atomic E-state index is -0.912. The maximum Gasteiger partial charge on any atom is 0.338 e. The number of hydrogen-bond donors (Lipinski definition) is 2. The van der Waals surface area contributed by atoms with Gasteiger partial charge >= 0.3 is 5.97 Å². The highest BCUT2D eigenvalue weighted by molar-refractivity contribution is 7.13. The number of hydrogen-bond acceptors (Lipinski definition) is 7. The fourth-order valence-electron chi connectivity index (χ4n) is 2.89. The average molecular weight is 421 g/mol. The van der Waals surface area contributed by atoms with E-state index in [-0.39, 0.29) is 0 Å². The van der Waals surface area contributed by atoms with Crippen LogP contribution in [-0.4, -0.2) is 37.9 Å². The zero-order chi connectivity index (χ0) is 21.1. The van der Waals surface area contributed by atoms with E-state index in [1.54, 1.807) is 37.5 Å². The lowest BCUT2D eigenvalue weighted by Gasteiger charge is -2.15. The maximum atomic E-state index is 12.6. The highest BCUT2D eigenvalue weighted by Crippen LogP contribution is 2.21. The molecular weight excluding hydrogens is 402 g/mol. The van der Waals surface area contributed by atoms with Gasteiger partial charge in [0.1, 0.15) is 5.82 Å². The van der Waals surface area contributed by atoms with Gasteiger partial charge in [-0.25, -0.2) is 14.8 Å². The summed E-state index contributed by atoms with van der Waals surface area (Å²) in [6.07, 6.45) is 2.84. The molecule has 152 valence electrons. The summed E-state index contributed by atoms with van der Waals surface area (Å²) in [5.41, 5.74) is 3.41. The summed E-state index contributed by atoms with van der Waals surface area (Å²) in [5.74, 6) is -0.318. The molecule has 0 aliphatic rings. The van der Waals surface area contributed by atoms with Gasteiger partial charge in [-0.3, -0.25) is 15.1 Å². The molecule has 0 aliphatic heterocycles. The van der Waals surface area contributed by atoms with Crippen molar-refractivity contribution < 1.29 is 14.3 Å². The molecule has 0 bridgehead atoms. The Morgan fingerprint density at radius 3 is 2.83 bits per heavy atom. The van der Waals surface area contributed by atoms with Crippen molar-refractivity contribution in [3.63, 3.8) is 0 Å². The predicted molar refractivity (Wildman–Crippen MR) is 114 cm³/mol. The zero-order valence-corrected chi connectivity index (χ0v) is 17.2. The Bertz CT molecular complexity index is 1200. The number of carbonyl (C=O) groups excluding carboxylic acids is 2. The number of aromatic nitrogens is 4. The first-order valence-electron chi connectivity index (χ1n) is 9.37. The van der Waals surface area contributed by atoms with E-state index in [0.717, 1.165) is 11.3 Å². The van der Waals surface area contributed by atoms with Crippen LogP contribution in [0.4, 0.5) is 5.13 Å². The van der Waals surface area contributed by atoms with Gasteiger partial charge in [-0.05, 0) is 43.7 Å². The summed E-state index contributed by atoms with van der Waals surface area (Å²) in [4.78, 5) is 41.1. The Morgan fingerprint density at radius 1 is 1.27 bits per heavy atom. The van der Waals surface area contributed by atoms with Gasteiger partial charge in [-0.15, -0.1) is 11.3 Å². The smallest absolute Gasteiger partial charge is 0.338 e. The van der Waals surface area contributed by atoms with Gasteiger partial charge in [0.2, 0.25) is 0 Å². The Morgan fingerprint density at radius 2 is 2.13 bits per heavy atom. The molecular formula is C21H19N5O3S. The molecule has 0 saturated carbocycles. The van der Waals surface area contributed by atoms with Crippen LogP contribution >= 0.6 is 11.3 Å². The Kier molecular flexibility index (Phi) is 5.53. The van der Waals surface area contributed by atoms with Crippen LogP contribution in [0.5, 0.6) is 0 Å². The van der Waals surface area contributed by atoms with Crippen molar-refractivity contribution in [2.75, 3.05) is 5.32 Å². The van der Waals surface area contributed by atoms with Crippen molar-refractivity contribution in [3.8, 4) is 11.4 Å². The summed E-state index contributed by atoms with van der Waals surface area (Å²) in [6, 6.07) is 8.76. The Balaban J connectivity index is 1.49. The topological polar surface area (TPSA) is 110 Å². The van der Waals surface area contributed by atoms with Crippen molar-refractivity contribution in [2.45, 2.75) is 26.4 Å². The lowest BCUT2D eigenvalue weighted by Crippen LogP contribution is -2.32. The van der Waals surface area contributed by atoms with Crippen LogP contribution in [0, 0.1) is 6.92 Å². The number of thiazole rings is 1. The van der Waals surface area contributed by atoms with Crippen LogP contribution in [0.3, 0.4) is 0 Å². The van der Waals surface area contributed by atoms with Crippen LogP contribution < -0.4 is 5.32 Å². The average Bonchev–Trinajstić information content (AvgIpc) is 3.37. The van der Waals surface area contributed by atoms with Crippen LogP contribution in [-0.2, 0) is 9.53 Å². The molecule has 0 aliphatic carbocycles. The van der Waals surface area contributed by atoms with E-state index in [0.29, 0.717) is 34.0 Å². The molecule has 0 spiro atoms. The summed E-state index contributed by atoms with van der Waals surface area (Å²) in [6.45, 7) is 3.62. The number of rotatable bonds is 6. The summed E-state index contributed by atoms with van der Waals surface area (Å²) in [7, 11) is 0. The molecule has 2 N–H and O–H groups in total. The van der Waals surface area contributed by atoms with E-state index >= 15 is 0 Å². The van der Waals surface area contributed by atoms with Crippen LogP contribution in [0.2, 0.25) is 0 Å². The minimum absolute atomic E-state index is 0.334. The van der Waals surface area contributed by atoms with Gasteiger partial charge in [0.05, 0.1) is 22.3 Å².